The van der Waals surface area contributed by atoms with Gasteiger partial charge < -0.3 is 10.6 Å². The Balaban J connectivity index is 1.56. The second kappa shape index (κ2) is 9.83. The summed E-state index contributed by atoms with van der Waals surface area (Å²) < 4.78 is 0. The van der Waals surface area contributed by atoms with E-state index >= 15 is 0 Å². The highest BCUT2D eigenvalue weighted by atomic mass is 16.2. The average Bonchev–Trinajstić information content (AvgIpc) is 2.83. The van der Waals surface area contributed by atoms with E-state index in [9.17, 15) is 9.59 Å². The van der Waals surface area contributed by atoms with Crippen LogP contribution in [-0.2, 0) is 11.3 Å². The van der Waals surface area contributed by atoms with Gasteiger partial charge in [0.2, 0.25) is 5.91 Å². The van der Waals surface area contributed by atoms with Gasteiger partial charge in [-0.3, -0.25) is 14.6 Å². The Morgan fingerprint density at radius 3 is 2.66 bits per heavy atom. The van der Waals surface area contributed by atoms with Crippen LogP contribution in [0, 0.1) is 0 Å². The summed E-state index contributed by atoms with van der Waals surface area (Å²) in [4.78, 5) is 33.9. The van der Waals surface area contributed by atoms with E-state index in [2.05, 4.69) is 15.6 Å². The van der Waals surface area contributed by atoms with E-state index < -0.39 is 0 Å². The van der Waals surface area contributed by atoms with Gasteiger partial charge in [-0.1, -0.05) is 37.3 Å². The highest BCUT2D eigenvalue weighted by Gasteiger charge is 2.14. The summed E-state index contributed by atoms with van der Waals surface area (Å²) in [6.07, 6.45) is 4.71. The Labute approximate surface area is 186 Å². The molecule has 4 aromatic rings. The van der Waals surface area contributed by atoms with Crippen LogP contribution in [0.15, 0.2) is 79.1 Å². The zero-order valence-corrected chi connectivity index (χ0v) is 17.8. The van der Waals surface area contributed by atoms with Crippen LogP contribution in [0.2, 0.25) is 0 Å². The number of carbonyl (C=O) groups excluding carboxylic acids is 2. The number of nitrogens with one attached hydrogen (secondary N) is 2. The van der Waals surface area contributed by atoms with Crippen LogP contribution in [0.5, 0.6) is 0 Å². The first kappa shape index (κ1) is 21.2. The monoisotopic (exact) mass is 424 g/mol. The molecule has 0 spiro atoms. The van der Waals surface area contributed by atoms with E-state index in [1.807, 2.05) is 67.6 Å². The number of fused-ring (bicyclic) bond motifs is 1. The molecule has 0 radical (unpaired) electrons. The normalized spacial score (nSPS) is 10.7. The van der Waals surface area contributed by atoms with Gasteiger partial charge in [0.05, 0.1) is 16.8 Å². The van der Waals surface area contributed by atoms with Gasteiger partial charge in [0.15, 0.2) is 0 Å². The van der Waals surface area contributed by atoms with Gasteiger partial charge in [-0.05, 0) is 48.4 Å². The molecule has 0 atom stereocenters. The topological polar surface area (TPSA) is 84.0 Å². The number of hydrogen-bond donors (Lipinski definition) is 2. The maximum absolute atomic E-state index is 13.1. The lowest BCUT2D eigenvalue weighted by molar-refractivity contribution is -0.116. The third-order valence-corrected chi connectivity index (χ3v) is 5.06. The molecule has 2 aromatic carbocycles. The lowest BCUT2D eigenvalue weighted by Crippen LogP contribution is -2.23. The lowest BCUT2D eigenvalue weighted by atomic mass is 10.0. The second-order valence-corrected chi connectivity index (χ2v) is 7.50. The summed E-state index contributed by atoms with van der Waals surface area (Å²) in [5, 5.41) is 6.67. The van der Waals surface area contributed by atoms with Gasteiger partial charge in [0, 0.05) is 42.0 Å². The molecule has 6 heteroatoms. The van der Waals surface area contributed by atoms with Gasteiger partial charge in [-0.2, -0.15) is 0 Å². The third kappa shape index (κ3) is 4.98. The molecule has 0 aliphatic carbocycles. The number of rotatable bonds is 7. The molecule has 6 nitrogen and oxygen atoms in total. The van der Waals surface area contributed by atoms with Gasteiger partial charge in [-0.15, -0.1) is 0 Å². The van der Waals surface area contributed by atoms with Crippen molar-refractivity contribution >= 4 is 28.4 Å². The smallest absolute Gasteiger partial charge is 0.252 e. The number of hydrogen-bond acceptors (Lipinski definition) is 4. The molecule has 2 amide bonds. The summed E-state index contributed by atoms with van der Waals surface area (Å²) in [5.74, 6) is -0.200. The van der Waals surface area contributed by atoms with Crippen molar-refractivity contribution in [3.63, 3.8) is 0 Å². The van der Waals surface area contributed by atoms with E-state index in [-0.39, 0.29) is 11.8 Å². The Kier molecular flexibility index (Phi) is 6.51. The van der Waals surface area contributed by atoms with Crippen molar-refractivity contribution in [1.82, 2.24) is 15.3 Å². The number of nitrogens with zero attached hydrogens (tertiary/aromatic N) is 2. The van der Waals surface area contributed by atoms with Crippen LogP contribution in [0.4, 0.5) is 5.69 Å². The highest BCUT2D eigenvalue weighted by Crippen LogP contribution is 2.24. The second-order valence-electron chi connectivity index (χ2n) is 7.50. The zero-order valence-electron chi connectivity index (χ0n) is 17.8. The Morgan fingerprint density at radius 2 is 1.84 bits per heavy atom. The summed E-state index contributed by atoms with van der Waals surface area (Å²) in [6, 6.07) is 20.7. The number of aromatic nitrogens is 2. The average molecular weight is 425 g/mol. The standard InChI is InChI=1S/C26H24N4O2/c1-2-7-25(31)29-20-10-5-8-18(14-20)16-28-26(32)22-15-24(19-9-6-13-27-17-19)30-23-12-4-3-11-21(22)23/h3-6,8-15,17H,2,7,16H2,1H3,(H,28,32)(H,29,31). The highest BCUT2D eigenvalue weighted by molar-refractivity contribution is 6.07. The quantitative estimate of drug-likeness (QED) is 0.439. The largest absolute Gasteiger partial charge is 0.348 e. The zero-order chi connectivity index (χ0) is 22.3. The number of carbonyl (C=O) groups is 2. The molecule has 0 bridgehead atoms. The molecule has 160 valence electrons. The van der Waals surface area contributed by atoms with Crippen molar-refractivity contribution in [3.8, 4) is 11.3 Å². The van der Waals surface area contributed by atoms with Crippen LogP contribution in [0.1, 0.15) is 35.7 Å². The fourth-order valence-electron chi connectivity index (χ4n) is 3.51. The third-order valence-electron chi connectivity index (χ3n) is 5.06. The molecule has 0 aliphatic rings. The van der Waals surface area contributed by atoms with Crippen molar-refractivity contribution < 1.29 is 9.59 Å². The molecule has 2 aromatic heterocycles. The van der Waals surface area contributed by atoms with Crippen molar-refractivity contribution in [2.45, 2.75) is 26.3 Å². The Morgan fingerprint density at radius 1 is 0.969 bits per heavy atom. The molecule has 0 saturated heterocycles. The van der Waals surface area contributed by atoms with Crippen molar-refractivity contribution in [3.05, 3.63) is 90.3 Å². The summed E-state index contributed by atoms with van der Waals surface area (Å²) in [7, 11) is 0. The van der Waals surface area contributed by atoms with Crippen molar-refractivity contribution in [2.24, 2.45) is 0 Å². The lowest BCUT2D eigenvalue weighted by Gasteiger charge is -2.11. The van der Waals surface area contributed by atoms with E-state index in [0.717, 1.165) is 34.1 Å². The fraction of sp³-hybridized carbons (Fsp3) is 0.154. The van der Waals surface area contributed by atoms with Crippen molar-refractivity contribution in [1.29, 1.82) is 0 Å². The van der Waals surface area contributed by atoms with E-state index in [4.69, 9.17) is 4.98 Å². The number of anilines is 1. The molecule has 32 heavy (non-hydrogen) atoms. The van der Waals surface area contributed by atoms with Gasteiger partial charge in [-0.25, -0.2) is 4.98 Å². The molecular weight excluding hydrogens is 400 g/mol. The van der Waals surface area contributed by atoms with Crippen molar-refractivity contribution in [2.75, 3.05) is 5.32 Å². The Hall–Kier alpha value is -4.06. The first-order valence-electron chi connectivity index (χ1n) is 10.6. The molecule has 0 aliphatic heterocycles. The molecular formula is C26H24N4O2. The van der Waals surface area contributed by atoms with Crippen LogP contribution >= 0.6 is 0 Å². The van der Waals surface area contributed by atoms with Gasteiger partial charge >= 0.3 is 0 Å². The van der Waals surface area contributed by atoms with Crippen LogP contribution in [-0.4, -0.2) is 21.8 Å². The first-order valence-corrected chi connectivity index (χ1v) is 10.6. The molecule has 0 saturated carbocycles. The minimum absolute atomic E-state index is 0.0140. The van der Waals surface area contributed by atoms with E-state index in [1.54, 1.807) is 18.5 Å². The maximum Gasteiger partial charge on any atom is 0.252 e. The number of amides is 2. The molecule has 0 unspecified atom stereocenters. The van der Waals surface area contributed by atoms with Crippen LogP contribution in [0.3, 0.4) is 0 Å². The summed E-state index contributed by atoms with van der Waals surface area (Å²) in [5.41, 5.74) is 4.48. The van der Waals surface area contributed by atoms with Crippen LogP contribution < -0.4 is 10.6 Å². The van der Waals surface area contributed by atoms with Gasteiger partial charge in [0.25, 0.3) is 5.91 Å². The number of pyridine rings is 2. The number of benzene rings is 2. The predicted octanol–water partition coefficient (Wildman–Crippen LogP) is 4.97. The van der Waals surface area contributed by atoms with E-state index in [1.165, 1.54) is 0 Å². The van der Waals surface area contributed by atoms with Crippen LogP contribution in [0.25, 0.3) is 22.2 Å². The minimum Gasteiger partial charge on any atom is -0.348 e. The fourth-order valence-corrected chi connectivity index (χ4v) is 3.51. The molecule has 2 N–H and O–H groups in total. The summed E-state index contributed by atoms with van der Waals surface area (Å²) in [6.45, 7) is 2.31. The Bertz CT molecular complexity index is 1260. The SMILES string of the molecule is CCCC(=O)Nc1cccc(CNC(=O)c2cc(-c3cccnc3)nc3ccccc23)c1. The first-order chi connectivity index (χ1) is 15.6. The molecule has 2 heterocycles. The maximum atomic E-state index is 13.1. The van der Waals surface area contributed by atoms with Gasteiger partial charge in [0.1, 0.15) is 0 Å². The number of para-hydroxylation sites is 1. The summed E-state index contributed by atoms with van der Waals surface area (Å²) >= 11 is 0. The van der Waals surface area contributed by atoms with E-state index in [0.29, 0.717) is 24.2 Å². The molecule has 0 fully saturated rings. The molecule has 4 rings (SSSR count). The predicted molar refractivity (Wildman–Crippen MR) is 126 cm³/mol. The minimum atomic E-state index is -0.186.